The maximum absolute atomic E-state index is 13.5. The number of carbonyl (C=O) groups is 1. The van der Waals surface area contributed by atoms with Gasteiger partial charge >= 0.3 is 0 Å². The molecule has 1 aliphatic rings. The van der Waals surface area contributed by atoms with Gasteiger partial charge in [0.1, 0.15) is 0 Å². The van der Waals surface area contributed by atoms with Crippen molar-refractivity contribution in [2.45, 2.75) is 13.0 Å². The number of benzene rings is 3. The van der Waals surface area contributed by atoms with Crippen LogP contribution >= 0.6 is 23.2 Å². The number of carbonyl (C=O) groups excluding carboxylic acids is 1. The first-order chi connectivity index (χ1) is 14.0. The third-order valence-electron chi connectivity index (χ3n) is 5.88. The van der Waals surface area contributed by atoms with Crippen molar-refractivity contribution in [3.63, 3.8) is 0 Å². The molecule has 1 amide bonds. The second kappa shape index (κ2) is 6.65. The van der Waals surface area contributed by atoms with E-state index in [1.807, 2.05) is 48.5 Å². The van der Waals surface area contributed by atoms with Crippen LogP contribution in [0.25, 0.3) is 10.9 Å². The molecule has 0 spiro atoms. The van der Waals surface area contributed by atoms with Crippen LogP contribution in [0.1, 0.15) is 33.2 Å². The molecule has 0 saturated heterocycles. The Morgan fingerprint density at radius 2 is 1.62 bits per heavy atom. The van der Waals surface area contributed by atoms with E-state index >= 15 is 0 Å². The second-order valence-corrected chi connectivity index (χ2v) is 8.10. The van der Waals surface area contributed by atoms with Gasteiger partial charge in [0.2, 0.25) is 0 Å². The molecule has 0 radical (unpaired) electrons. The Balaban J connectivity index is 1.85. The van der Waals surface area contributed by atoms with Crippen molar-refractivity contribution in [3.8, 4) is 0 Å². The van der Waals surface area contributed by atoms with Crippen LogP contribution in [0.4, 0.5) is 5.69 Å². The maximum atomic E-state index is 13.5. The van der Waals surface area contributed by atoms with E-state index in [0.717, 1.165) is 27.7 Å². The third kappa shape index (κ3) is 2.54. The number of nitrogens with zero attached hydrogens (tertiary/aromatic N) is 2. The largest absolute Gasteiger partial charge is 0.348 e. The number of aryl methyl sites for hydroxylation is 1. The summed E-state index contributed by atoms with van der Waals surface area (Å²) in [5.74, 6) is -0.0675. The summed E-state index contributed by atoms with van der Waals surface area (Å²) in [4.78, 5) is 15.3. The van der Waals surface area contributed by atoms with Gasteiger partial charge in [-0.3, -0.25) is 9.69 Å². The molecular formula is C24H18Cl2N2O. The Bertz CT molecular complexity index is 1290. The second-order valence-electron chi connectivity index (χ2n) is 7.31. The monoisotopic (exact) mass is 420 g/mol. The molecule has 2 heterocycles. The zero-order valence-electron chi connectivity index (χ0n) is 16.0. The zero-order valence-corrected chi connectivity index (χ0v) is 17.5. The number of anilines is 1. The van der Waals surface area contributed by atoms with Crippen LogP contribution in [0.3, 0.4) is 0 Å². The van der Waals surface area contributed by atoms with Crippen LogP contribution in [-0.2, 0) is 7.05 Å². The lowest BCUT2D eigenvalue weighted by Gasteiger charge is -2.27. The molecule has 1 atom stereocenters. The lowest BCUT2D eigenvalue weighted by molar-refractivity contribution is 0.0993. The summed E-state index contributed by atoms with van der Waals surface area (Å²) in [6.45, 7) is 2.10. The number of rotatable bonds is 2. The molecule has 1 aliphatic heterocycles. The number of hydrogen-bond donors (Lipinski definition) is 0. The van der Waals surface area contributed by atoms with E-state index in [0.29, 0.717) is 21.3 Å². The fraction of sp³-hybridized carbons (Fsp3) is 0.125. The predicted molar refractivity (Wildman–Crippen MR) is 119 cm³/mol. The van der Waals surface area contributed by atoms with Gasteiger partial charge in [0.15, 0.2) is 0 Å². The number of para-hydroxylation sites is 1. The van der Waals surface area contributed by atoms with Crippen LogP contribution in [-0.4, -0.2) is 10.5 Å². The Labute approximate surface area is 179 Å². The summed E-state index contributed by atoms with van der Waals surface area (Å²) in [5.41, 5.74) is 5.65. The van der Waals surface area contributed by atoms with Crippen LogP contribution in [0, 0.1) is 6.92 Å². The maximum Gasteiger partial charge on any atom is 0.259 e. The van der Waals surface area contributed by atoms with E-state index in [1.165, 1.54) is 0 Å². The van der Waals surface area contributed by atoms with Gasteiger partial charge in [-0.2, -0.15) is 0 Å². The molecule has 3 nitrogen and oxygen atoms in total. The van der Waals surface area contributed by atoms with Crippen molar-refractivity contribution in [2.24, 2.45) is 7.05 Å². The lowest BCUT2D eigenvalue weighted by Crippen LogP contribution is -2.29. The average molecular weight is 421 g/mol. The van der Waals surface area contributed by atoms with E-state index in [2.05, 4.69) is 30.7 Å². The minimum atomic E-state index is -0.277. The van der Waals surface area contributed by atoms with E-state index in [9.17, 15) is 4.79 Å². The average Bonchev–Trinajstić information content (AvgIpc) is 3.16. The van der Waals surface area contributed by atoms with Gasteiger partial charge in [0.25, 0.3) is 5.91 Å². The van der Waals surface area contributed by atoms with Gasteiger partial charge in [-0.25, -0.2) is 0 Å². The van der Waals surface area contributed by atoms with Crippen molar-refractivity contribution in [3.05, 3.63) is 99.2 Å². The van der Waals surface area contributed by atoms with Gasteiger partial charge in [-0.1, -0.05) is 65.7 Å². The quantitative estimate of drug-likeness (QED) is 0.361. The summed E-state index contributed by atoms with van der Waals surface area (Å²) in [6.07, 6.45) is 0. The first-order valence-corrected chi connectivity index (χ1v) is 10.2. The summed E-state index contributed by atoms with van der Waals surface area (Å²) in [6, 6.07) is 21.2. The Hall–Kier alpha value is -2.75. The summed E-state index contributed by atoms with van der Waals surface area (Å²) < 4.78 is 2.17. The molecule has 4 aromatic rings. The highest BCUT2D eigenvalue weighted by atomic mass is 35.5. The SMILES string of the molecule is Cc1c(C2c3ccccc3C(=O)N2c2cccc(Cl)c2Cl)c2ccccc2n1C. The first-order valence-electron chi connectivity index (χ1n) is 9.41. The van der Waals surface area contributed by atoms with Gasteiger partial charge < -0.3 is 4.57 Å². The number of amides is 1. The van der Waals surface area contributed by atoms with E-state index in [4.69, 9.17) is 23.2 Å². The summed E-state index contributed by atoms with van der Waals surface area (Å²) in [5, 5.41) is 1.95. The number of fused-ring (bicyclic) bond motifs is 2. The molecule has 144 valence electrons. The molecule has 0 aliphatic carbocycles. The van der Waals surface area contributed by atoms with Crippen molar-refractivity contribution >= 4 is 45.7 Å². The predicted octanol–water partition coefficient (Wildman–Crippen LogP) is 6.54. The third-order valence-corrected chi connectivity index (χ3v) is 6.68. The first kappa shape index (κ1) is 18.3. The van der Waals surface area contributed by atoms with E-state index in [-0.39, 0.29) is 11.9 Å². The fourth-order valence-corrected chi connectivity index (χ4v) is 4.81. The highest BCUT2D eigenvalue weighted by Gasteiger charge is 2.41. The highest BCUT2D eigenvalue weighted by Crippen LogP contribution is 2.47. The van der Waals surface area contributed by atoms with Gasteiger partial charge in [-0.05, 0) is 36.8 Å². The molecule has 0 bridgehead atoms. The summed E-state index contributed by atoms with van der Waals surface area (Å²) >= 11 is 12.9. The Morgan fingerprint density at radius 3 is 2.45 bits per heavy atom. The number of halogens is 2. The minimum absolute atomic E-state index is 0.0675. The van der Waals surface area contributed by atoms with Crippen molar-refractivity contribution in [1.29, 1.82) is 0 Å². The molecule has 5 rings (SSSR count). The highest BCUT2D eigenvalue weighted by molar-refractivity contribution is 6.44. The molecule has 5 heteroatoms. The molecule has 1 unspecified atom stereocenters. The molecule has 1 aromatic heterocycles. The van der Waals surface area contributed by atoms with Crippen LogP contribution in [0.15, 0.2) is 66.7 Å². The van der Waals surface area contributed by atoms with Gasteiger partial charge in [-0.15, -0.1) is 0 Å². The molecule has 29 heavy (non-hydrogen) atoms. The fourth-order valence-electron chi connectivity index (χ4n) is 4.42. The molecule has 0 saturated carbocycles. The Kier molecular flexibility index (Phi) is 4.19. The smallest absolute Gasteiger partial charge is 0.259 e. The molecule has 0 N–H and O–H groups in total. The zero-order chi connectivity index (χ0) is 20.3. The van der Waals surface area contributed by atoms with Gasteiger partial charge in [0, 0.05) is 34.8 Å². The van der Waals surface area contributed by atoms with E-state index in [1.54, 1.807) is 11.0 Å². The van der Waals surface area contributed by atoms with Crippen LogP contribution in [0.2, 0.25) is 10.0 Å². The lowest BCUT2D eigenvalue weighted by atomic mass is 9.95. The molecular weight excluding hydrogens is 403 g/mol. The Morgan fingerprint density at radius 1 is 0.897 bits per heavy atom. The summed E-state index contributed by atoms with van der Waals surface area (Å²) in [7, 11) is 2.06. The van der Waals surface area contributed by atoms with Crippen LogP contribution < -0.4 is 4.90 Å². The number of hydrogen-bond acceptors (Lipinski definition) is 1. The van der Waals surface area contributed by atoms with Crippen molar-refractivity contribution in [1.82, 2.24) is 4.57 Å². The van der Waals surface area contributed by atoms with Crippen molar-refractivity contribution < 1.29 is 4.79 Å². The van der Waals surface area contributed by atoms with Crippen LogP contribution in [0.5, 0.6) is 0 Å². The van der Waals surface area contributed by atoms with Gasteiger partial charge in [0.05, 0.1) is 21.8 Å². The van der Waals surface area contributed by atoms with Crippen molar-refractivity contribution in [2.75, 3.05) is 4.90 Å². The number of aromatic nitrogens is 1. The molecule has 3 aromatic carbocycles. The standard InChI is InChI=1S/C24H18Cl2N2O/c1-14-21(17-10-5-6-12-19(17)27(14)2)23-15-8-3-4-9-16(15)24(29)28(23)20-13-7-11-18(25)22(20)26/h3-13,23H,1-2H3. The minimum Gasteiger partial charge on any atom is -0.348 e. The normalized spacial score (nSPS) is 15.9. The van der Waals surface area contributed by atoms with E-state index < -0.39 is 0 Å². The molecule has 0 fully saturated rings. The topological polar surface area (TPSA) is 25.2 Å².